The number of ether oxygens (including phenoxy) is 1. The number of nitrogens with zero attached hydrogens (tertiary/aromatic N) is 2. The van der Waals surface area contributed by atoms with E-state index in [-0.39, 0.29) is 0 Å². The van der Waals surface area contributed by atoms with E-state index in [9.17, 15) is 18.0 Å². The second-order valence-electron chi connectivity index (χ2n) is 2.69. The number of hydrogen-bond acceptors (Lipinski definition) is 4. The number of esters is 1. The molecule has 0 unspecified atom stereocenters. The Hall–Kier alpha value is -2.10. The lowest BCUT2D eigenvalue weighted by molar-refractivity contribution is -0.141. The lowest BCUT2D eigenvalue weighted by Crippen LogP contribution is -2.14. The van der Waals surface area contributed by atoms with Gasteiger partial charge in [-0.05, 0) is 12.1 Å². The monoisotopic (exact) mass is 230 g/mol. The van der Waals surface area contributed by atoms with Crippen LogP contribution in [-0.4, -0.2) is 18.1 Å². The third kappa shape index (κ3) is 2.28. The molecule has 0 radical (unpaired) electrons. The summed E-state index contributed by atoms with van der Waals surface area (Å²) >= 11 is 0. The van der Waals surface area contributed by atoms with Crippen LogP contribution in [0.15, 0.2) is 12.1 Å². The van der Waals surface area contributed by atoms with Gasteiger partial charge in [-0.15, -0.1) is 0 Å². The first-order chi connectivity index (χ1) is 7.40. The minimum Gasteiger partial charge on any atom is -0.464 e. The molecule has 0 aromatic carbocycles. The number of carbonyl (C=O) groups is 1. The maximum absolute atomic E-state index is 12.4. The maximum Gasteiger partial charge on any atom is 0.434 e. The Morgan fingerprint density at radius 3 is 2.56 bits per heavy atom. The minimum atomic E-state index is -4.78. The number of pyridine rings is 1. The van der Waals surface area contributed by atoms with E-state index in [2.05, 4.69) is 9.72 Å². The zero-order valence-electron chi connectivity index (χ0n) is 8.00. The molecule has 16 heavy (non-hydrogen) atoms. The average molecular weight is 230 g/mol. The van der Waals surface area contributed by atoms with Gasteiger partial charge in [0.2, 0.25) is 0 Å². The molecule has 0 N–H and O–H groups in total. The topological polar surface area (TPSA) is 63.0 Å². The summed E-state index contributed by atoms with van der Waals surface area (Å²) in [6, 6.07) is 3.23. The number of rotatable bonds is 1. The standard InChI is InChI=1S/C9H5F3N2O2/c1-16-8(15)6-3-2-5(4-13)7(14-6)9(10,11)12/h2-3H,1H3. The maximum atomic E-state index is 12.4. The summed E-state index contributed by atoms with van der Waals surface area (Å²) < 4.78 is 41.5. The van der Waals surface area contributed by atoms with Gasteiger partial charge < -0.3 is 4.74 Å². The highest BCUT2D eigenvalue weighted by Crippen LogP contribution is 2.30. The van der Waals surface area contributed by atoms with Crippen LogP contribution in [0.25, 0.3) is 0 Å². The molecule has 4 nitrogen and oxygen atoms in total. The van der Waals surface area contributed by atoms with Crippen LogP contribution in [-0.2, 0) is 10.9 Å². The highest BCUT2D eigenvalue weighted by molar-refractivity contribution is 5.87. The van der Waals surface area contributed by atoms with Crippen molar-refractivity contribution in [2.75, 3.05) is 7.11 Å². The van der Waals surface area contributed by atoms with Gasteiger partial charge in [0.05, 0.1) is 12.7 Å². The number of alkyl halides is 3. The van der Waals surface area contributed by atoms with Gasteiger partial charge in [-0.25, -0.2) is 9.78 Å². The largest absolute Gasteiger partial charge is 0.464 e. The fourth-order valence-corrected chi connectivity index (χ4v) is 0.984. The zero-order valence-corrected chi connectivity index (χ0v) is 8.00. The summed E-state index contributed by atoms with van der Waals surface area (Å²) in [6.45, 7) is 0. The van der Waals surface area contributed by atoms with Crippen LogP contribution < -0.4 is 0 Å². The molecular weight excluding hydrogens is 225 g/mol. The van der Waals surface area contributed by atoms with Gasteiger partial charge in [-0.1, -0.05) is 0 Å². The molecule has 0 bridgehead atoms. The predicted molar refractivity (Wildman–Crippen MR) is 45.3 cm³/mol. The zero-order chi connectivity index (χ0) is 12.3. The number of methoxy groups -OCH3 is 1. The Morgan fingerprint density at radius 1 is 1.50 bits per heavy atom. The first kappa shape index (κ1) is 12.0. The van der Waals surface area contributed by atoms with Crippen molar-refractivity contribution in [1.29, 1.82) is 5.26 Å². The first-order valence-corrected chi connectivity index (χ1v) is 3.96. The second kappa shape index (κ2) is 4.18. The minimum absolute atomic E-state index is 0.492. The molecule has 0 saturated heterocycles. The van der Waals surface area contributed by atoms with E-state index in [0.717, 1.165) is 19.2 Å². The molecule has 0 amide bonds. The van der Waals surface area contributed by atoms with Crippen LogP contribution in [0.2, 0.25) is 0 Å². The summed E-state index contributed by atoms with van der Waals surface area (Å²) in [4.78, 5) is 14.0. The quantitative estimate of drug-likeness (QED) is 0.689. The van der Waals surface area contributed by atoms with Crippen LogP contribution in [0.1, 0.15) is 21.7 Å². The smallest absolute Gasteiger partial charge is 0.434 e. The fraction of sp³-hybridized carbons (Fsp3) is 0.222. The normalized spacial score (nSPS) is 10.7. The Morgan fingerprint density at radius 2 is 2.12 bits per heavy atom. The van der Waals surface area contributed by atoms with Crippen LogP contribution in [0.5, 0.6) is 0 Å². The van der Waals surface area contributed by atoms with Gasteiger partial charge in [0, 0.05) is 0 Å². The molecule has 0 aliphatic carbocycles. The van der Waals surface area contributed by atoms with E-state index in [1.807, 2.05) is 0 Å². The van der Waals surface area contributed by atoms with Gasteiger partial charge in [-0.2, -0.15) is 18.4 Å². The van der Waals surface area contributed by atoms with E-state index in [1.54, 1.807) is 0 Å². The first-order valence-electron chi connectivity index (χ1n) is 3.96. The summed E-state index contributed by atoms with van der Waals surface area (Å²) in [6.07, 6.45) is -4.78. The third-order valence-electron chi connectivity index (χ3n) is 1.68. The van der Waals surface area contributed by atoms with Crippen LogP contribution in [0, 0.1) is 11.3 Å². The fourth-order valence-electron chi connectivity index (χ4n) is 0.984. The highest BCUT2D eigenvalue weighted by Gasteiger charge is 2.36. The Kier molecular flexibility index (Phi) is 3.13. The van der Waals surface area contributed by atoms with Crippen molar-refractivity contribution in [3.8, 4) is 6.07 Å². The second-order valence-corrected chi connectivity index (χ2v) is 2.69. The van der Waals surface area contributed by atoms with Crippen molar-refractivity contribution in [2.24, 2.45) is 0 Å². The Balaban J connectivity index is 3.34. The van der Waals surface area contributed by atoms with E-state index in [1.165, 1.54) is 6.07 Å². The van der Waals surface area contributed by atoms with E-state index >= 15 is 0 Å². The van der Waals surface area contributed by atoms with Crippen molar-refractivity contribution in [3.05, 3.63) is 29.1 Å². The molecule has 1 heterocycles. The number of nitriles is 1. The number of carbonyl (C=O) groups excluding carboxylic acids is 1. The Bertz CT molecular complexity index is 463. The summed E-state index contributed by atoms with van der Waals surface area (Å²) in [7, 11) is 1.02. The van der Waals surface area contributed by atoms with E-state index in [0.29, 0.717) is 0 Å². The van der Waals surface area contributed by atoms with Gasteiger partial charge >= 0.3 is 12.1 Å². The molecule has 1 rings (SSSR count). The van der Waals surface area contributed by atoms with Crippen molar-refractivity contribution >= 4 is 5.97 Å². The van der Waals surface area contributed by atoms with Crippen molar-refractivity contribution < 1.29 is 22.7 Å². The average Bonchev–Trinajstić information content (AvgIpc) is 2.26. The molecule has 0 aliphatic rings. The molecule has 84 valence electrons. The van der Waals surface area contributed by atoms with Gasteiger partial charge in [0.25, 0.3) is 0 Å². The predicted octanol–water partition coefficient (Wildman–Crippen LogP) is 1.76. The van der Waals surface area contributed by atoms with Gasteiger partial charge in [0.1, 0.15) is 11.8 Å². The molecule has 0 fully saturated rings. The SMILES string of the molecule is COC(=O)c1ccc(C#N)c(C(F)(F)F)n1. The molecule has 0 aliphatic heterocycles. The van der Waals surface area contributed by atoms with Crippen molar-refractivity contribution in [1.82, 2.24) is 4.98 Å². The summed E-state index contributed by atoms with van der Waals surface area (Å²) in [5, 5.41) is 8.46. The number of halogens is 3. The van der Waals surface area contributed by atoms with Gasteiger partial charge in [0.15, 0.2) is 5.69 Å². The molecule has 7 heteroatoms. The van der Waals surface area contributed by atoms with Crippen molar-refractivity contribution in [3.63, 3.8) is 0 Å². The molecule has 0 saturated carbocycles. The molecular formula is C9H5F3N2O2. The number of hydrogen-bond donors (Lipinski definition) is 0. The number of aromatic nitrogens is 1. The molecule has 1 aromatic rings. The van der Waals surface area contributed by atoms with Crippen LogP contribution in [0.3, 0.4) is 0 Å². The van der Waals surface area contributed by atoms with Crippen molar-refractivity contribution in [2.45, 2.75) is 6.18 Å². The summed E-state index contributed by atoms with van der Waals surface area (Å²) in [5.41, 5.74) is -2.52. The molecule has 0 atom stereocenters. The van der Waals surface area contributed by atoms with Gasteiger partial charge in [-0.3, -0.25) is 0 Å². The third-order valence-corrected chi connectivity index (χ3v) is 1.68. The van der Waals surface area contributed by atoms with Crippen LogP contribution in [0.4, 0.5) is 13.2 Å². The lowest BCUT2D eigenvalue weighted by Gasteiger charge is -2.08. The Labute approximate surface area is 88.3 Å². The molecule has 0 spiro atoms. The summed E-state index contributed by atoms with van der Waals surface area (Å²) in [5.74, 6) is -0.991. The van der Waals surface area contributed by atoms with E-state index in [4.69, 9.17) is 5.26 Å². The van der Waals surface area contributed by atoms with Crippen LogP contribution >= 0.6 is 0 Å². The lowest BCUT2D eigenvalue weighted by atomic mass is 10.2. The highest BCUT2D eigenvalue weighted by atomic mass is 19.4. The van der Waals surface area contributed by atoms with E-state index < -0.39 is 29.1 Å². The molecule has 1 aromatic heterocycles.